The fourth-order valence-corrected chi connectivity index (χ4v) is 7.10. The Balaban J connectivity index is 1.17. The van der Waals surface area contributed by atoms with E-state index in [0.717, 1.165) is 66.5 Å². The van der Waals surface area contributed by atoms with Crippen molar-refractivity contribution in [2.24, 2.45) is 0 Å². The van der Waals surface area contributed by atoms with Gasteiger partial charge in [0.1, 0.15) is 11.2 Å². The molecule has 50 heavy (non-hydrogen) atoms. The van der Waals surface area contributed by atoms with Gasteiger partial charge in [0.05, 0.1) is 16.7 Å². The molecule has 0 bridgehead atoms. The maximum Gasteiger partial charge on any atom is 0.166 e. The fourth-order valence-electron chi connectivity index (χ4n) is 7.10. The quantitative estimate of drug-likeness (QED) is 0.188. The number of furan rings is 1. The first-order valence-electron chi connectivity index (χ1n) is 16.7. The molecule has 0 saturated heterocycles. The van der Waals surface area contributed by atoms with Crippen LogP contribution in [0.1, 0.15) is 0 Å². The molecule has 10 rings (SSSR count). The minimum atomic E-state index is 0.622. The van der Waals surface area contributed by atoms with Crippen molar-refractivity contribution in [3.05, 3.63) is 170 Å². The number of hydrogen-bond acceptors (Lipinski definition) is 4. The molecule has 5 nitrogen and oxygen atoms in total. The SMILES string of the molecule is c1ccc(-c2nc(-c3ccccc3)nc(-c3ccccc3-n3c4ccccc4c4cc(-c5ccc6oc7ccccc7c6c5)ccc43)n2)cc1. The van der Waals surface area contributed by atoms with Gasteiger partial charge >= 0.3 is 0 Å². The maximum absolute atomic E-state index is 6.12. The molecule has 0 aliphatic heterocycles. The molecule has 0 atom stereocenters. The lowest BCUT2D eigenvalue weighted by molar-refractivity contribution is 0.669. The highest BCUT2D eigenvalue weighted by Gasteiger charge is 2.19. The second kappa shape index (κ2) is 11.4. The van der Waals surface area contributed by atoms with Crippen LogP contribution in [-0.4, -0.2) is 19.5 Å². The summed E-state index contributed by atoms with van der Waals surface area (Å²) in [6, 6.07) is 58.6. The Bertz CT molecular complexity index is 2810. The van der Waals surface area contributed by atoms with Gasteiger partial charge in [-0.1, -0.05) is 121 Å². The zero-order chi connectivity index (χ0) is 33.0. The lowest BCUT2D eigenvalue weighted by Crippen LogP contribution is -2.03. The van der Waals surface area contributed by atoms with E-state index in [1.807, 2.05) is 72.8 Å². The van der Waals surface area contributed by atoms with E-state index in [4.69, 9.17) is 19.4 Å². The van der Waals surface area contributed by atoms with Gasteiger partial charge in [0.15, 0.2) is 17.5 Å². The highest BCUT2D eigenvalue weighted by molar-refractivity contribution is 6.11. The van der Waals surface area contributed by atoms with E-state index in [1.54, 1.807) is 0 Å². The van der Waals surface area contributed by atoms with E-state index in [9.17, 15) is 0 Å². The Morgan fingerprint density at radius 2 is 0.900 bits per heavy atom. The first-order chi connectivity index (χ1) is 24.8. The fraction of sp³-hybridized carbons (Fsp3) is 0. The van der Waals surface area contributed by atoms with Crippen molar-refractivity contribution < 1.29 is 4.42 Å². The van der Waals surface area contributed by atoms with Crippen LogP contribution in [0.25, 0.3) is 94.7 Å². The summed E-state index contributed by atoms with van der Waals surface area (Å²) in [4.78, 5) is 15.1. The molecular weight excluding hydrogens is 613 g/mol. The van der Waals surface area contributed by atoms with Crippen LogP contribution in [0, 0.1) is 0 Å². The Kier molecular flexibility index (Phi) is 6.42. The van der Waals surface area contributed by atoms with Crippen LogP contribution in [-0.2, 0) is 0 Å². The smallest absolute Gasteiger partial charge is 0.166 e. The van der Waals surface area contributed by atoms with Crippen molar-refractivity contribution in [1.82, 2.24) is 19.5 Å². The summed E-state index contributed by atoms with van der Waals surface area (Å²) in [7, 11) is 0. The molecule has 5 heteroatoms. The van der Waals surface area contributed by atoms with Gasteiger partial charge in [-0.05, 0) is 59.7 Å². The van der Waals surface area contributed by atoms with Crippen LogP contribution in [0.15, 0.2) is 174 Å². The van der Waals surface area contributed by atoms with Crippen LogP contribution in [0.4, 0.5) is 0 Å². The monoisotopic (exact) mass is 640 g/mol. The van der Waals surface area contributed by atoms with Crippen molar-refractivity contribution in [2.75, 3.05) is 0 Å². The molecule has 0 N–H and O–H groups in total. The van der Waals surface area contributed by atoms with Crippen molar-refractivity contribution in [3.63, 3.8) is 0 Å². The standard InChI is InChI=1S/C45H28N4O/c1-3-13-29(14-4-1)43-46-44(30-15-5-2-6-16-30)48-45(47-43)35-19-8-11-21-39(35)49-38-20-10-7-17-33(38)36-27-31(23-25-40(36)49)32-24-26-42-37(28-32)34-18-9-12-22-41(34)50-42/h1-28H. The Morgan fingerprint density at radius 1 is 0.360 bits per heavy atom. The van der Waals surface area contributed by atoms with Crippen LogP contribution >= 0.6 is 0 Å². The lowest BCUT2D eigenvalue weighted by atomic mass is 10.0. The number of rotatable bonds is 5. The van der Waals surface area contributed by atoms with Crippen molar-refractivity contribution in [2.45, 2.75) is 0 Å². The maximum atomic E-state index is 6.12. The summed E-state index contributed by atoms with van der Waals surface area (Å²) >= 11 is 0. The predicted molar refractivity (Wildman–Crippen MR) is 203 cm³/mol. The van der Waals surface area contributed by atoms with Gasteiger partial charge < -0.3 is 8.98 Å². The van der Waals surface area contributed by atoms with Gasteiger partial charge in [-0.3, -0.25) is 0 Å². The van der Waals surface area contributed by atoms with Crippen LogP contribution in [0.5, 0.6) is 0 Å². The largest absolute Gasteiger partial charge is 0.456 e. The topological polar surface area (TPSA) is 56.7 Å². The summed E-state index contributed by atoms with van der Waals surface area (Å²) in [5.74, 6) is 1.90. The van der Waals surface area contributed by atoms with Crippen molar-refractivity contribution >= 4 is 43.7 Å². The summed E-state index contributed by atoms with van der Waals surface area (Å²) in [6.07, 6.45) is 0. The van der Waals surface area contributed by atoms with Crippen LogP contribution in [0.3, 0.4) is 0 Å². The number of fused-ring (bicyclic) bond motifs is 6. The van der Waals surface area contributed by atoms with E-state index in [-0.39, 0.29) is 0 Å². The summed E-state index contributed by atoms with van der Waals surface area (Å²) in [6.45, 7) is 0. The van der Waals surface area contributed by atoms with Crippen molar-refractivity contribution in [3.8, 4) is 51.0 Å². The molecule has 3 heterocycles. The van der Waals surface area contributed by atoms with E-state index >= 15 is 0 Å². The zero-order valence-electron chi connectivity index (χ0n) is 26.9. The molecule has 0 aliphatic carbocycles. The first kappa shape index (κ1) is 28.2. The van der Waals surface area contributed by atoms with E-state index in [2.05, 4.69) is 102 Å². The van der Waals surface area contributed by atoms with Gasteiger partial charge in [0.2, 0.25) is 0 Å². The molecule has 0 unspecified atom stereocenters. The van der Waals surface area contributed by atoms with E-state index in [1.165, 1.54) is 10.8 Å². The highest BCUT2D eigenvalue weighted by Crippen LogP contribution is 2.39. The van der Waals surface area contributed by atoms with Gasteiger partial charge in [-0.15, -0.1) is 0 Å². The third kappa shape index (κ3) is 4.60. The molecule has 0 spiro atoms. The molecule has 0 amide bonds. The molecule has 10 aromatic rings. The molecule has 234 valence electrons. The number of para-hydroxylation sites is 3. The Morgan fingerprint density at radius 3 is 1.66 bits per heavy atom. The molecule has 3 aromatic heterocycles. The zero-order valence-corrected chi connectivity index (χ0v) is 26.9. The van der Waals surface area contributed by atoms with Gasteiger partial charge in [0.25, 0.3) is 0 Å². The normalized spacial score (nSPS) is 11.6. The average Bonchev–Trinajstić information content (AvgIpc) is 3.73. The number of benzene rings is 7. The number of hydrogen-bond donors (Lipinski definition) is 0. The summed E-state index contributed by atoms with van der Waals surface area (Å²) in [5, 5.41) is 4.61. The Hall–Kier alpha value is -6.85. The molecule has 0 radical (unpaired) electrons. The van der Waals surface area contributed by atoms with Crippen molar-refractivity contribution in [1.29, 1.82) is 0 Å². The molecule has 0 aliphatic rings. The third-order valence-electron chi connectivity index (χ3n) is 9.47. The predicted octanol–water partition coefficient (Wildman–Crippen LogP) is 11.5. The summed E-state index contributed by atoms with van der Waals surface area (Å²) < 4.78 is 8.46. The van der Waals surface area contributed by atoms with Crippen LogP contribution in [0.2, 0.25) is 0 Å². The van der Waals surface area contributed by atoms with Gasteiger partial charge in [-0.25, -0.2) is 15.0 Å². The Labute approximate surface area is 287 Å². The number of nitrogens with zero attached hydrogens (tertiary/aromatic N) is 4. The molecule has 0 saturated carbocycles. The second-order valence-electron chi connectivity index (χ2n) is 12.4. The second-order valence-corrected chi connectivity index (χ2v) is 12.4. The minimum Gasteiger partial charge on any atom is -0.456 e. The third-order valence-corrected chi connectivity index (χ3v) is 9.47. The number of aromatic nitrogens is 4. The van der Waals surface area contributed by atoms with Crippen LogP contribution < -0.4 is 0 Å². The van der Waals surface area contributed by atoms with E-state index < -0.39 is 0 Å². The molecule has 7 aromatic carbocycles. The first-order valence-corrected chi connectivity index (χ1v) is 16.7. The average molecular weight is 641 g/mol. The molecular formula is C45H28N4O. The summed E-state index contributed by atoms with van der Waals surface area (Å²) in [5.41, 5.74) is 10.1. The minimum absolute atomic E-state index is 0.622. The van der Waals surface area contributed by atoms with Gasteiger partial charge in [0, 0.05) is 38.2 Å². The highest BCUT2D eigenvalue weighted by atomic mass is 16.3. The van der Waals surface area contributed by atoms with Gasteiger partial charge in [-0.2, -0.15) is 0 Å². The lowest BCUT2D eigenvalue weighted by Gasteiger charge is -2.14. The molecule has 0 fully saturated rings. The van der Waals surface area contributed by atoms with E-state index in [0.29, 0.717) is 17.5 Å².